The van der Waals surface area contributed by atoms with Crippen molar-refractivity contribution in [3.63, 3.8) is 0 Å². The summed E-state index contributed by atoms with van der Waals surface area (Å²) < 4.78 is 1.13. The number of halogens is 1. The minimum Gasteiger partial charge on any atom is -0.382 e. The summed E-state index contributed by atoms with van der Waals surface area (Å²) in [6, 6.07) is 6.86. The zero-order chi connectivity index (χ0) is 13.8. The van der Waals surface area contributed by atoms with E-state index in [1.807, 2.05) is 4.90 Å². The first-order valence-electron chi connectivity index (χ1n) is 6.90. The molecule has 1 saturated heterocycles. The van der Waals surface area contributed by atoms with Crippen LogP contribution in [0.2, 0.25) is 0 Å². The van der Waals surface area contributed by atoms with E-state index >= 15 is 0 Å². The highest BCUT2D eigenvalue weighted by atomic mass is 79.9. The maximum atomic E-state index is 11.3. The lowest BCUT2D eigenvalue weighted by Gasteiger charge is -2.32. The zero-order valence-electron chi connectivity index (χ0n) is 11.6. The van der Waals surface area contributed by atoms with Crippen LogP contribution in [0.5, 0.6) is 0 Å². The average Bonchev–Trinajstić information content (AvgIpc) is 2.41. The van der Waals surface area contributed by atoms with Gasteiger partial charge in [0.25, 0.3) is 0 Å². The standard InChI is InChI=1S/C15H21BrN2O/c1-3-12-10-13(16)4-5-15(12)17-14-6-8-18(9-7-14)11(2)19/h4-5,10,14,17H,3,6-9H2,1-2H3. The van der Waals surface area contributed by atoms with E-state index in [-0.39, 0.29) is 5.91 Å². The molecule has 0 atom stereocenters. The molecule has 1 heterocycles. The highest BCUT2D eigenvalue weighted by Gasteiger charge is 2.20. The SMILES string of the molecule is CCc1cc(Br)ccc1NC1CCN(C(C)=O)CC1. The van der Waals surface area contributed by atoms with Crippen molar-refractivity contribution < 1.29 is 4.79 Å². The lowest BCUT2D eigenvalue weighted by Crippen LogP contribution is -2.41. The Morgan fingerprint density at radius 1 is 1.42 bits per heavy atom. The van der Waals surface area contributed by atoms with E-state index < -0.39 is 0 Å². The second kappa shape index (κ2) is 6.42. The number of likely N-dealkylation sites (tertiary alicyclic amines) is 1. The molecule has 19 heavy (non-hydrogen) atoms. The summed E-state index contributed by atoms with van der Waals surface area (Å²) in [5, 5.41) is 3.63. The number of anilines is 1. The number of piperidine rings is 1. The highest BCUT2D eigenvalue weighted by molar-refractivity contribution is 9.10. The van der Waals surface area contributed by atoms with Gasteiger partial charge in [0.15, 0.2) is 0 Å². The Kier molecular flexibility index (Phi) is 4.86. The monoisotopic (exact) mass is 324 g/mol. The molecule has 104 valence electrons. The number of carbonyl (C=O) groups is 1. The minimum atomic E-state index is 0.191. The van der Waals surface area contributed by atoms with Crippen LogP contribution in [-0.4, -0.2) is 29.9 Å². The minimum absolute atomic E-state index is 0.191. The summed E-state index contributed by atoms with van der Waals surface area (Å²) in [6.07, 6.45) is 3.08. The van der Waals surface area contributed by atoms with E-state index in [2.05, 4.69) is 46.4 Å². The molecule has 0 aliphatic carbocycles. The number of rotatable bonds is 3. The van der Waals surface area contributed by atoms with Crippen molar-refractivity contribution in [3.8, 4) is 0 Å². The van der Waals surface area contributed by atoms with Crippen molar-refractivity contribution in [2.24, 2.45) is 0 Å². The van der Waals surface area contributed by atoms with Crippen molar-refractivity contribution in [2.75, 3.05) is 18.4 Å². The van der Waals surface area contributed by atoms with E-state index in [1.54, 1.807) is 6.92 Å². The van der Waals surface area contributed by atoms with Gasteiger partial charge in [-0.05, 0) is 43.0 Å². The van der Waals surface area contributed by atoms with Gasteiger partial charge in [-0.2, -0.15) is 0 Å². The molecule has 2 rings (SSSR count). The van der Waals surface area contributed by atoms with Crippen LogP contribution in [-0.2, 0) is 11.2 Å². The lowest BCUT2D eigenvalue weighted by atomic mass is 10.0. The highest BCUT2D eigenvalue weighted by Crippen LogP contribution is 2.24. The first kappa shape index (κ1) is 14.4. The van der Waals surface area contributed by atoms with Gasteiger partial charge < -0.3 is 10.2 Å². The maximum Gasteiger partial charge on any atom is 0.219 e. The van der Waals surface area contributed by atoms with E-state index in [1.165, 1.54) is 11.3 Å². The van der Waals surface area contributed by atoms with E-state index in [0.29, 0.717) is 6.04 Å². The second-order valence-electron chi connectivity index (χ2n) is 5.08. The molecular formula is C15H21BrN2O. The van der Waals surface area contributed by atoms with Crippen molar-refractivity contribution >= 4 is 27.5 Å². The van der Waals surface area contributed by atoms with Crippen molar-refractivity contribution in [3.05, 3.63) is 28.2 Å². The zero-order valence-corrected chi connectivity index (χ0v) is 13.2. The number of nitrogens with one attached hydrogen (secondary N) is 1. The number of aryl methyl sites for hydroxylation is 1. The van der Waals surface area contributed by atoms with Crippen LogP contribution >= 0.6 is 15.9 Å². The molecule has 1 fully saturated rings. The summed E-state index contributed by atoms with van der Waals surface area (Å²) in [5.41, 5.74) is 2.57. The normalized spacial score (nSPS) is 16.5. The Labute approximate surface area is 123 Å². The lowest BCUT2D eigenvalue weighted by molar-refractivity contribution is -0.129. The van der Waals surface area contributed by atoms with Gasteiger partial charge in [0, 0.05) is 36.2 Å². The number of amides is 1. The summed E-state index contributed by atoms with van der Waals surface area (Å²) >= 11 is 3.51. The molecule has 3 nitrogen and oxygen atoms in total. The van der Waals surface area contributed by atoms with E-state index in [9.17, 15) is 4.79 Å². The average molecular weight is 325 g/mol. The predicted molar refractivity (Wildman–Crippen MR) is 82.4 cm³/mol. The van der Waals surface area contributed by atoms with Crippen LogP contribution in [0.1, 0.15) is 32.3 Å². The summed E-state index contributed by atoms with van der Waals surface area (Å²) in [5.74, 6) is 0.191. The van der Waals surface area contributed by atoms with Gasteiger partial charge in [-0.25, -0.2) is 0 Å². The molecule has 0 spiro atoms. The van der Waals surface area contributed by atoms with Gasteiger partial charge in [0.1, 0.15) is 0 Å². The third-order valence-corrected chi connectivity index (χ3v) is 4.24. The molecule has 0 aromatic heterocycles. The molecule has 0 bridgehead atoms. The predicted octanol–water partition coefficient (Wildman–Crippen LogP) is 3.43. The fraction of sp³-hybridized carbons (Fsp3) is 0.533. The third kappa shape index (κ3) is 3.72. The molecule has 1 aromatic rings. The Morgan fingerprint density at radius 3 is 2.68 bits per heavy atom. The van der Waals surface area contributed by atoms with Crippen LogP contribution in [0.25, 0.3) is 0 Å². The number of benzene rings is 1. The fourth-order valence-electron chi connectivity index (χ4n) is 2.55. The van der Waals surface area contributed by atoms with Gasteiger partial charge in [-0.3, -0.25) is 4.79 Å². The Morgan fingerprint density at radius 2 is 2.11 bits per heavy atom. The van der Waals surface area contributed by atoms with Gasteiger partial charge in [-0.15, -0.1) is 0 Å². The number of hydrogen-bond donors (Lipinski definition) is 1. The van der Waals surface area contributed by atoms with Gasteiger partial charge in [0.05, 0.1) is 0 Å². The van der Waals surface area contributed by atoms with E-state index in [0.717, 1.165) is 36.8 Å². The van der Waals surface area contributed by atoms with Gasteiger partial charge in [-0.1, -0.05) is 22.9 Å². The summed E-state index contributed by atoms with van der Waals surface area (Å²) in [6.45, 7) is 5.55. The largest absolute Gasteiger partial charge is 0.382 e. The Hall–Kier alpha value is -1.03. The van der Waals surface area contributed by atoms with E-state index in [4.69, 9.17) is 0 Å². The Bertz CT molecular complexity index is 453. The van der Waals surface area contributed by atoms with Crippen molar-refractivity contribution in [1.29, 1.82) is 0 Å². The molecule has 1 amide bonds. The molecule has 1 aromatic carbocycles. The molecule has 0 radical (unpaired) electrons. The molecule has 0 saturated carbocycles. The number of carbonyl (C=O) groups excluding carboxylic acids is 1. The Balaban J connectivity index is 1.97. The first-order valence-corrected chi connectivity index (χ1v) is 7.70. The van der Waals surface area contributed by atoms with Gasteiger partial charge >= 0.3 is 0 Å². The third-order valence-electron chi connectivity index (χ3n) is 3.75. The van der Waals surface area contributed by atoms with Gasteiger partial charge in [0.2, 0.25) is 5.91 Å². The topological polar surface area (TPSA) is 32.3 Å². The fourth-order valence-corrected chi connectivity index (χ4v) is 2.96. The molecular weight excluding hydrogens is 304 g/mol. The molecule has 0 unspecified atom stereocenters. The molecule has 4 heteroatoms. The number of hydrogen-bond acceptors (Lipinski definition) is 2. The molecule has 1 aliphatic rings. The summed E-state index contributed by atoms with van der Waals surface area (Å²) in [4.78, 5) is 13.2. The van der Waals surface area contributed by atoms with Crippen LogP contribution in [0, 0.1) is 0 Å². The van der Waals surface area contributed by atoms with Crippen LogP contribution in [0.3, 0.4) is 0 Å². The summed E-state index contributed by atoms with van der Waals surface area (Å²) in [7, 11) is 0. The van der Waals surface area contributed by atoms with Crippen LogP contribution in [0.4, 0.5) is 5.69 Å². The first-order chi connectivity index (χ1) is 9.10. The second-order valence-corrected chi connectivity index (χ2v) is 6.00. The molecule has 1 N–H and O–H groups in total. The molecule has 1 aliphatic heterocycles. The number of nitrogens with zero attached hydrogens (tertiary/aromatic N) is 1. The smallest absolute Gasteiger partial charge is 0.219 e. The quantitative estimate of drug-likeness (QED) is 0.923. The van der Waals surface area contributed by atoms with Crippen LogP contribution < -0.4 is 5.32 Å². The van der Waals surface area contributed by atoms with Crippen molar-refractivity contribution in [1.82, 2.24) is 4.90 Å². The van der Waals surface area contributed by atoms with Crippen molar-refractivity contribution in [2.45, 2.75) is 39.2 Å². The maximum absolute atomic E-state index is 11.3. The van der Waals surface area contributed by atoms with Crippen LogP contribution in [0.15, 0.2) is 22.7 Å².